The molecule has 1 aromatic heterocycles. The van der Waals surface area contributed by atoms with Crippen molar-refractivity contribution in [3.8, 4) is 0 Å². The third kappa shape index (κ3) is 4.61. The Morgan fingerprint density at radius 3 is 2.40 bits per heavy atom. The number of piperazine rings is 1. The molecule has 0 atom stereocenters. The maximum absolute atomic E-state index is 12.7. The molecule has 3 rings (SSSR count). The first-order valence-corrected chi connectivity index (χ1v) is 11.5. The van der Waals surface area contributed by atoms with Gasteiger partial charge in [-0.2, -0.15) is 0 Å². The number of piperidine rings is 1. The first kappa shape index (κ1) is 18.8. The molecule has 140 valence electrons. The topological polar surface area (TPSA) is 60.9 Å². The van der Waals surface area contributed by atoms with E-state index >= 15 is 0 Å². The highest BCUT2D eigenvalue weighted by Gasteiger charge is 2.33. The molecule has 0 N–H and O–H groups in total. The van der Waals surface area contributed by atoms with Gasteiger partial charge in [-0.15, -0.1) is 11.3 Å². The molecule has 0 aliphatic carbocycles. The van der Waals surface area contributed by atoms with E-state index in [1.165, 1.54) is 9.18 Å². The molecule has 1 aromatic rings. The van der Waals surface area contributed by atoms with Crippen molar-refractivity contribution in [1.29, 1.82) is 0 Å². The van der Waals surface area contributed by atoms with Gasteiger partial charge in [0.15, 0.2) is 0 Å². The van der Waals surface area contributed by atoms with Crippen LogP contribution in [0.4, 0.5) is 0 Å². The van der Waals surface area contributed by atoms with Crippen molar-refractivity contribution < 1.29 is 13.2 Å². The van der Waals surface area contributed by atoms with Crippen LogP contribution in [0.5, 0.6) is 0 Å². The van der Waals surface area contributed by atoms with E-state index in [0.717, 1.165) is 32.7 Å². The summed E-state index contributed by atoms with van der Waals surface area (Å²) >= 11 is 1.77. The zero-order valence-corrected chi connectivity index (χ0v) is 16.4. The standard InChI is InChI=1S/C17H27N3O3S2/c1-2-25(22,23)20-7-5-15(6-8-20)17(21)19-11-9-18(10-12-19)14-16-4-3-13-24-16/h3-4,13,15H,2,5-12,14H2,1H3. The number of hydrogen-bond acceptors (Lipinski definition) is 5. The third-order valence-corrected chi connectivity index (χ3v) is 7.95. The monoisotopic (exact) mass is 385 g/mol. The van der Waals surface area contributed by atoms with Crippen LogP contribution in [0.3, 0.4) is 0 Å². The van der Waals surface area contributed by atoms with E-state index in [4.69, 9.17) is 0 Å². The molecule has 1 amide bonds. The fraction of sp³-hybridized carbons (Fsp3) is 0.706. The Bertz CT molecular complexity index is 659. The lowest BCUT2D eigenvalue weighted by molar-refractivity contribution is -0.138. The predicted octanol–water partition coefficient (Wildman–Crippen LogP) is 1.45. The minimum atomic E-state index is -3.12. The Balaban J connectivity index is 1.45. The molecule has 2 aliphatic rings. The van der Waals surface area contributed by atoms with Gasteiger partial charge in [-0.25, -0.2) is 12.7 Å². The average molecular weight is 386 g/mol. The van der Waals surface area contributed by atoms with Crippen LogP contribution in [0, 0.1) is 5.92 Å². The van der Waals surface area contributed by atoms with Gasteiger partial charge < -0.3 is 4.90 Å². The lowest BCUT2D eigenvalue weighted by Gasteiger charge is -2.38. The van der Waals surface area contributed by atoms with Gasteiger partial charge in [0.1, 0.15) is 0 Å². The molecular weight excluding hydrogens is 358 g/mol. The van der Waals surface area contributed by atoms with Crippen molar-refractivity contribution in [2.75, 3.05) is 45.0 Å². The zero-order valence-electron chi connectivity index (χ0n) is 14.8. The number of carbonyl (C=O) groups excluding carboxylic acids is 1. The minimum Gasteiger partial charge on any atom is -0.340 e. The van der Waals surface area contributed by atoms with Gasteiger partial charge >= 0.3 is 0 Å². The molecule has 0 aromatic carbocycles. The summed E-state index contributed by atoms with van der Waals surface area (Å²) in [5, 5.41) is 2.10. The summed E-state index contributed by atoms with van der Waals surface area (Å²) in [5.74, 6) is 0.328. The summed E-state index contributed by atoms with van der Waals surface area (Å²) in [5.41, 5.74) is 0. The number of carbonyl (C=O) groups is 1. The lowest BCUT2D eigenvalue weighted by atomic mass is 9.96. The van der Waals surface area contributed by atoms with E-state index in [9.17, 15) is 13.2 Å². The summed E-state index contributed by atoms with van der Waals surface area (Å²) in [6.45, 7) is 6.96. The zero-order chi connectivity index (χ0) is 17.9. The first-order chi connectivity index (χ1) is 12.0. The molecule has 0 radical (unpaired) electrons. The first-order valence-electron chi connectivity index (χ1n) is 9.01. The molecule has 0 spiro atoms. The quantitative estimate of drug-likeness (QED) is 0.770. The van der Waals surface area contributed by atoms with Crippen molar-refractivity contribution in [2.45, 2.75) is 26.3 Å². The maximum atomic E-state index is 12.7. The Kier molecular flexibility index (Phi) is 6.14. The van der Waals surface area contributed by atoms with Crippen LogP contribution >= 0.6 is 11.3 Å². The number of amides is 1. The summed E-state index contributed by atoms with van der Waals surface area (Å²) in [6, 6.07) is 4.23. The van der Waals surface area contributed by atoms with Crippen LogP contribution < -0.4 is 0 Å². The van der Waals surface area contributed by atoms with Crippen LogP contribution in [-0.2, 0) is 21.4 Å². The predicted molar refractivity (Wildman–Crippen MR) is 99.9 cm³/mol. The van der Waals surface area contributed by atoms with Crippen molar-refractivity contribution in [3.05, 3.63) is 22.4 Å². The molecule has 8 heteroatoms. The molecule has 2 saturated heterocycles. The van der Waals surface area contributed by atoms with Gasteiger partial charge in [-0.05, 0) is 31.2 Å². The second kappa shape index (κ2) is 8.16. The van der Waals surface area contributed by atoms with E-state index in [0.29, 0.717) is 25.9 Å². The van der Waals surface area contributed by atoms with Gasteiger partial charge in [-0.3, -0.25) is 9.69 Å². The molecule has 2 fully saturated rings. The SMILES string of the molecule is CCS(=O)(=O)N1CCC(C(=O)N2CCN(Cc3cccs3)CC2)CC1. The molecule has 25 heavy (non-hydrogen) atoms. The number of nitrogens with zero attached hydrogens (tertiary/aromatic N) is 3. The largest absolute Gasteiger partial charge is 0.340 e. The second-order valence-corrected chi connectivity index (χ2v) is 10.0. The van der Waals surface area contributed by atoms with Crippen molar-refractivity contribution >= 4 is 27.3 Å². The number of thiophene rings is 1. The lowest BCUT2D eigenvalue weighted by Crippen LogP contribution is -2.51. The number of hydrogen-bond donors (Lipinski definition) is 0. The summed E-state index contributed by atoms with van der Waals surface area (Å²) < 4.78 is 25.4. The van der Waals surface area contributed by atoms with Gasteiger partial charge in [0, 0.05) is 56.6 Å². The van der Waals surface area contributed by atoms with Crippen molar-refractivity contribution in [3.63, 3.8) is 0 Å². The second-order valence-electron chi connectivity index (χ2n) is 6.75. The fourth-order valence-electron chi connectivity index (χ4n) is 3.57. The van der Waals surface area contributed by atoms with Crippen LogP contribution in [0.2, 0.25) is 0 Å². The van der Waals surface area contributed by atoms with E-state index in [1.807, 2.05) is 4.90 Å². The van der Waals surface area contributed by atoms with Gasteiger partial charge in [0.2, 0.25) is 15.9 Å². The fourth-order valence-corrected chi connectivity index (χ4v) is 5.45. The van der Waals surface area contributed by atoms with E-state index in [2.05, 4.69) is 22.4 Å². The highest BCUT2D eigenvalue weighted by atomic mass is 32.2. The van der Waals surface area contributed by atoms with E-state index in [-0.39, 0.29) is 17.6 Å². The smallest absolute Gasteiger partial charge is 0.225 e. The van der Waals surface area contributed by atoms with Gasteiger partial charge in [0.25, 0.3) is 0 Å². The summed E-state index contributed by atoms with van der Waals surface area (Å²) in [4.78, 5) is 18.5. The minimum absolute atomic E-state index is 0.0212. The molecule has 0 saturated carbocycles. The molecule has 0 bridgehead atoms. The Morgan fingerprint density at radius 1 is 1.16 bits per heavy atom. The van der Waals surface area contributed by atoms with Crippen LogP contribution in [0.25, 0.3) is 0 Å². The highest BCUT2D eigenvalue weighted by Crippen LogP contribution is 2.23. The van der Waals surface area contributed by atoms with Crippen LogP contribution in [0.15, 0.2) is 17.5 Å². The highest BCUT2D eigenvalue weighted by molar-refractivity contribution is 7.89. The van der Waals surface area contributed by atoms with Crippen molar-refractivity contribution in [2.24, 2.45) is 5.92 Å². The van der Waals surface area contributed by atoms with Crippen LogP contribution in [0.1, 0.15) is 24.6 Å². The normalized spacial score (nSPS) is 21.6. The van der Waals surface area contributed by atoms with Gasteiger partial charge in [0.05, 0.1) is 5.75 Å². The molecule has 2 aliphatic heterocycles. The summed E-state index contributed by atoms with van der Waals surface area (Å²) in [7, 11) is -3.12. The maximum Gasteiger partial charge on any atom is 0.225 e. The summed E-state index contributed by atoms with van der Waals surface area (Å²) in [6.07, 6.45) is 1.29. The number of sulfonamides is 1. The average Bonchev–Trinajstić information content (AvgIpc) is 3.15. The van der Waals surface area contributed by atoms with E-state index < -0.39 is 10.0 Å². The Hall–Kier alpha value is -0.960. The van der Waals surface area contributed by atoms with E-state index in [1.54, 1.807) is 18.3 Å². The molecule has 0 unspecified atom stereocenters. The van der Waals surface area contributed by atoms with Gasteiger partial charge in [-0.1, -0.05) is 6.07 Å². The molecular formula is C17H27N3O3S2. The molecule has 6 nitrogen and oxygen atoms in total. The Labute approximate surface area is 154 Å². The molecule has 3 heterocycles. The van der Waals surface area contributed by atoms with Crippen molar-refractivity contribution in [1.82, 2.24) is 14.1 Å². The van der Waals surface area contributed by atoms with Crippen LogP contribution in [-0.4, -0.2) is 73.5 Å². The number of rotatable bonds is 5. The third-order valence-electron chi connectivity index (χ3n) is 5.20. The Morgan fingerprint density at radius 2 is 1.84 bits per heavy atom.